The summed E-state index contributed by atoms with van der Waals surface area (Å²) in [5, 5.41) is 0. The van der Waals surface area contributed by atoms with E-state index < -0.39 is 66.7 Å². The number of alkyl halides is 3. The summed E-state index contributed by atoms with van der Waals surface area (Å²) in [4.78, 5) is -0.426. The van der Waals surface area contributed by atoms with Crippen molar-refractivity contribution in [3.63, 3.8) is 0 Å². The Morgan fingerprint density at radius 1 is 0.733 bits per heavy atom. The highest BCUT2D eigenvalue weighted by atomic mass is 32.2. The van der Waals surface area contributed by atoms with Crippen LogP contribution in [0.3, 0.4) is 0 Å². The SMILES string of the molecule is O=S(=O)(Nc1c(F)c(F)c(F)c(F)c1-c1cccc(C(F)(F)F)c1)c1ccccc1. The molecule has 0 atom stereocenters. The van der Waals surface area contributed by atoms with Gasteiger partial charge in [-0.15, -0.1) is 0 Å². The van der Waals surface area contributed by atoms with E-state index in [9.17, 15) is 39.2 Å². The van der Waals surface area contributed by atoms with Crippen molar-refractivity contribution in [3.05, 3.63) is 83.4 Å². The molecule has 30 heavy (non-hydrogen) atoms. The van der Waals surface area contributed by atoms with Gasteiger partial charge in [0, 0.05) is 5.56 Å². The lowest BCUT2D eigenvalue weighted by atomic mass is 10.00. The second-order valence-corrected chi connectivity index (χ2v) is 7.69. The fourth-order valence-electron chi connectivity index (χ4n) is 2.64. The summed E-state index contributed by atoms with van der Waals surface area (Å²) in [6.07, 6.45) is -4.88. The van der Waals surface area contributed by atoms with Gasteiger partial charge in [0.05, 0.1) is 16.1 Å². The maximum atomic E-state index is 14.5. The van der Waals surface area contributed by atoms with Gasteiger partial charge in [0.2, 0.25) is 0 Å². The van der Waals surface area contributed by atoms with Crippen LogP contribution in [0.4, 0.5) is 36.4 Å². The number of sulfonamides is 1. The highest BCUT2D eigenvalue weighted by Crippen LogP contribution is 2.39. The molecule has 0 aliphatic carbocycles. The molecule has 0 unspecified atom stereocenters. The van der Waals surface area contributed by atoms with Crippen LogP contribution in [0.25, 0.3) is 11.1 Å². The Morgan fingerprint density at radius 3 is 1.93 bits per heavy atom. The Morgan fingerprint density at radius 2 is 1.33 bits per heavy atom. The number of benzene rings is 3. The van der Waals surface area contributed by atoms with Gasteiger partial charge in [-0.05, 0) is 29.8 Å². The second-order valence-electron chi connectivity index (χ2n) is 6.00. The third kappa shape index (κ3) is 3.97. The number of hydrogen-bond donors (Lipinski definition) is 1. The van der Waals surface area contributed by atoms with Gasteiger partial charge in [-0.1, -0.05) is 30.3 Å². The topological polar surface area (TPSA) is 46.2 Å². The molecule has 11 heteroatoms. The molecule has 0 saturated carbocycles. The van der Waals surface area contributed by atoms with Gasteiger partial charge in [0.15, 0.2) is 23.3 Å². The lowest BCUT2D eigenvalue weighted by Gasteiger charge is -2.17. The summed E-state index contributed by atoms with van der Waals surface area (Å²) in [5.74, 6) is -8.80. The fourth-order valence-corrected chi connectivity index (χ4v) is 3.74. The monoisotopic (exact) mass is 449 g/mol. The molecule has 0 aliphatic rings. The van der Waals surface area contributed by atoms with E-state index in [0.717, 1.165) is 24.3 Å². The first kappa shape index (κ1) is 21.6. The zero-order chi connectivity index (χ0) is 22.3. The average molecular weight is 449 g/mol. The minimum Gasteiger partial charge on any atom is -0.276 e. The standard InChI is InChI=1S/C19H10F7NO2S/c20-14-13(10-5-4-6-11(9-10)19(24,25)26)18(17(23)16(22)15(14)21)27-30(28,29)12-7-2-1-3-8-12/h1-9,27H. The first-order chi connectivity index (χ1) is 13.9. The lowest BCUT2D eigenvalue weighted by Crippen LogP contribution is -2.17. The first-order valence-corrected chi connectivity index (χ1v) is 9.53. The molecule has 3 rings (SSSR count). The molecular formula is C19H10F7NO2S. The van der Waals surface area contributed by atoms with E-state index in [-0.39, 0.29) is 0 Å². The van der Waals surface area contributed by atoms with Crippen LogP contribution < -0.4 is 4.72 Å². The van der Waals surface area contributed by atoms with Crippen LogP contribution in [0.5, 0.6) is 0 Å². The molecule has 0 aliphatic heterocycles. The molecule has 0 heterocycles. The maximum absolute atomic E-state index is 14.5. The molecule has 158 valence electrons. The predicted octanol–water partition coefficient (Wildman–Crippen LogP) is 5.73. The van der Waals surface area contributed by atoms with Crippen LogP contribution >= 0.6 is 0 Å². The van der Waals surface area contributed by atoms with Crippen molar-refractivity contribution in [3.8, 4) is 11.1 Å². The summed E-state index contributed by atoms with van der Waals surface area (Å²) >= 11 is 0. The summed E-state index contributed by atoms with van der Waals surface area (Å²) in [6, 6.07) is 8.92. The zero-order valence-electron chi connectivity index (χ0n) is 14.6. The molecule has 0 bridgehead atoms. The molecule has 3 aromatic carbocycles. The van der Waals surface area contributed by atoms with E-state index in [2.05, 4.69) is 0 Å². The maximum Gasteiger partial charge on any atom is 0.416 e. The smallest absolute Gasteiger partial charge is 0.276 e. The van der Waals surface area contributed by atoms with Crippen molar-refractivity contribution in [2.24, 2.45) is 0 Å². The number of nitrogens with one attached hydrogen (secondary N) is 1. The normalized spacial score (nSPS) is 12.1. The van der Waals surface area contributed by atoms with Crippen LogP contribution in [0, 0.1) is 23.3 Å². The highest BCUT2D eigenvalue weighted by molar-refractivity contribution is 7.92. The Bertz CT molecular complexity index is 1210. The molecule has 3 aromatic rings. The van der Waals surface area contributed by atoms with E-state index in [1.807, 2.05) is 0 Å². The Balaban J connectivity index is 2.27. The highest BCUT2D eigenvalue weighted by Gasteiger charge is 2.33. The molecule has 0 spiro atoms. The minimum absolute atomic E-state index is 0.357. The van der Waals surface area contributed by atoms with Crippen molar-refractivity contribution in [2.75, 3.05) is 4.72 Å². The van der Waals surface area contributed by atoms with Crippen molar-refractivity contribution < 1.29 is 39.2 Å². The van der Waals surface area contributed by atoms with Crippen molar-refractivity contribution in [1.29, 1.82) is 0 Å². The Hall–Kier alpha value is -3.08. The van der Waals surface area contributed by atoms with Crippen molar-refractivity contribution in [1.82, 2.24) is 0 Å². The summed E-state index contributed by atoms with van der Waals surface area (Å²) in [5.41, 5.74) is -4.58. The van der Waals surface area contributed by atoms with Gasteiger partial charge in [-0.3, -0.25) is 4.72 Å². The third-order valence-corrected chi connectivity index (χ3v) is 5.40. The third-order valence-electron chi connectivity index (χ3n) is 4.04. The van der Waals surface area contributed by atoms with E-state index in [4.69, 9.17) is 0 Å². The van der Waals surface area contributed by atoms with E-state index in [0.29, 0.717) is 12.1 Å². The molecular weight excluding hydrogens is 439 g/mol. The fraction of sp³-hybridized carbons (Fsp3) is 0.0526. The Labute approximate surface area is 165 Å². The molecule has 0 fully saturated rings. The number of rotatable bonds is 4. The van der Waals surface area contributed by atoms with Gasteiger partial charge in [-0.25, -0.2) is 26.0 Å². The van der Waals surface area contributed by atoms with Crippen LogP contribution in [0.1, 0.15) is 5.56 Å². The predicted molar refractivity (Wildman–Crippen MR) is 94.0 cm³/mol. The van der Waals surface area contributed by atoms with Gasteiger partial charge in [0.1, 0.15) is 0 Å². The molecule has 3 nitrogen and oxygen atoms in total. The lowest BCUT2D eigenvalue weighted by molar-refractivity contribution is -0.137. The molecule has 1 N–H and O–H groups in total. The molecule has 0 amide bonds. The largest absolute Gasteiger partial charge is 0.416 e. The Kier molecular flexibility index (Phi) is 5.50. The average Bonchev–Trinajstić information content (AvgIpc) is 2.70. The van der Waals surface area contributed by atoms with Crippen LogP contribution in [0.2, 0.25) is 0 Å². The quantitative estimate of drug-likeness (QED) is 0.314. The minimum atomic E-state index is -4.88. The summed E-state index contributed by atoms with van der Waals surface area (Å²) in [7, 11) is -4.62. The van der Waals surface area contributed by atoms with Crippen molar-refractivity contribution >= 4 is 15.7 Å². The first-order valence-electron chi connectivity index (χ1n) is 8.05. The summed E-state index contributed by atoms with van der Waals surface area (Å²) in [6.45, 7) is 0. The molecule has 0 aromatic heterocycles. The zero-order valence-corrected chi connectivity index (χ0v) is 15.4. The van der Waals surface area contributed by atoms with Crippen molar-refractivity contribution in [2.45, 2.75) is 11.1 Å². The van der Waals surface area contributed by atoms with Crippen LogP contribution in [0.15, 0.2) is 59.5 Å². The van der Waals surface area contributed by atoms with E-state index >= 15 is 0 Å². The van der Waals surface area contributed by atoms with Gasteiger partial charge in [0.25, 0.3) is 10.0 Å². The van der Waals surface area contributed by atoms with Crippen LogP contribution in [-0.4, -0.2) is 8.42 Å². The number of halogens is 7. The van der Waals surface area contributed by atoms with Gasteiger partial charge < -0.3 is 0 Å². The van der Waals surface area contributed by atoms with Gasteiger partial charge >= 0.3 is 6.18 Å². The van der Waals surface area contributed by atoms with E-state index in [1.54, 1.807) is 4.72 Å². The van der Waals surface area contributed by atoms with E-state index in [1.165, 1.54) is 18.2 Å². The molecule has 0 saturated heterocycles. The summed E-state index contributed by atoms with van der Waals surface area (Å²) < 4.78 is 122. The molecule has 0 radical (unpaired) electrons. The van der Waals surface area contributed by atoms with Gasteiger partial charge in [-0.2, -0.15) is 13.2 Å². The second kappa shape index (κ2) is 7.63. The number of hydrogen-bond acceptors (Lipinski definition) is 2. The number of anilines is 1. The van der Waals surface area contributed by atoms with Crippen LogP contribution in [-0.2, 0) is 16.2 Å².